The predicted octanol–water partition coefficient (Wildman–Crippen LogP) is 1.74. The molecule has 92 valence electrons. The summed E-state index contributed by atoms with van der Waals surface area (Å²) in [7, 11) is 0. The van der Waals surface area contributed by atoms with Crippen LogP contribution < -0.4 is 0 Å². The van der Waals surface area contributed by atoms with Crippen molar-refractivity contribution in [2.45, 2.75) is 51.7 Å². The molecule has 0 aromatic carbocycles. The summed E-state index contributed by atoms with van der Waals surface area (Å²) in [5.74, 6) is 0.960. The minimum atomic E-state index is 0.0427. The Kier molecular flexibility index (Phi) is 3.75. The van der Waals surface area contributed by atoms with Gasteiger partial charge in [0.1, 0.15) is 12.2 Å². The molecule has 2 heterocycles. The number of piperidine rings is 1. The Hall–Kier alpha value is -1.41. The van der Waals surface area contributed by atoms with Crippen molar-refractivity contribution in [3.8, 4) is 6.07 Å². The van der Waals surface area contributed by atoms with E-state index in [1.54, 1.807) is 6.33 Å². The second kappa shape index (κ2) is 5.28. The first-order valence-corrected chi connectivity index (χ1v) is 6.24. The average molecular weight is 233 g/mol. The minimum Gasteiger partial charge on any atom is -0.281 e. The number of hydrogen-bond acceptors (Lipinski definition) is 4. The van der Waals surface area contributed by atoms with E-state index in [-0.39, 0.29) is 6.04 Å². The standard InChI is InChI=1S/C12H19N5/c1-10(2)17-12(14-9-15-17)8-16-6-4-3-5-11(16)7-13/h9-11H,3-6,8H2,1-2H3. The molecule has 1 saturated heterocycles. The van der Waals surface area contributed by atoms with Crippen LogP contribution in [0.3, 0.4) is 0 Å². The lowest BCUT2D eigenvalue weighted by atomic mass is 10.0. The molecule has 0 bridgehead atoms. The molecular formula is C12H19N5. The zero-order chi connectivity index (χ0) is 12.3. The maximum atomic E-state index is 9.13. The van der Waals surface area contributed by atoms with Crippen molar-refractivity contribution in [2.24, 2.45) is 0 Å². The van der Waals surface area contributed by atoms with Crippen molar-refractivity contribution >= 4 is 0 Å². The maximum absolute atomic E-state index is 9.13. The number of nitriles is 1. The van der Waals surface area contributed by atoms with Crippen LogP contribution in [0.15, 0.2) is 6.33 Å². The molecule has 1 atom stereocenters. The van der Waals surface area contributed by atoms with Crippen LogP contribution in [0.4, 0.5) is 0 Å². The van der Waals surface area contributed by atoms with Crippen LogP contribution in [0.2, 0.25) is 0 Å². The van der Waals surface area contributed by atoms with E-state index in [1.807, 2.05) is 4.68 Å². The van der Waals surface area contributed by atoms with Gasteiger partial charge in [-0.15, -0.1) is 0 Å². The van der Waals surface area contributed by atoms with Crippen molar-refractivity contribution in [1.29, 1.82) is 5.26 Å². The Balaban J connectivity index is 2.09. The van der Waals surface area contributed by atoms with Gasteiger partial charge >= 0.3 is 0 Å². The second-order valence-electron chi connectivity index (χ2n) is 4.83. The number of aromatic nitrogens is 3. The third kappa shape index (κ3) is 2.64. The highest BCUT2D eigenvalue weighted by molar-refractivity contribution is 4.97. The zero-order valence-corrected chi connectivity index (χ0v) is 10.5. The van der Waals surface area contributed by atoms with E-state index in [1.165, 1.54) is 6.42 Å². The Morgan fingerprint density at radius 3 is 3.06 bits per heavy atom. The van der Waals surface area contributed by atoms with Gasteiger partial charge in [0.15, 0.2) is 0 Å². The van der Waals surface area contributed by atoms with E-state index in [0.717, 1.165) is 31.8 Å². The van der Waals surface area contributed by atoms with Gasteiger partial charge in [0.05, 0.1) is 18.7 Å². The minimum absolute atomic E-state index is 0.0427. The van der Waals surface area contributed by atoms with Gasteiger partial charge in [-0.25, -0.2) is 9.67 Å². The molecule has 1 unspecified atom stereocenters. The summed E-state index contributed by atoms with van der Waals surface area (Å²) in [6, 6.07) is 2.74. The molecule has 1 aliphatic heterocycles. The summed E-state index contributed by atoms with van der Waals surface area (Å²) in [5.41, 5.74) is 0. The molecule has 17 heavy (non-hydrogen) atoms. The third-order valence-corrected chi connectivity index (χ3v) is 3.24. The van der Waals surface area contributed by atoms with Crippen LogP contribution in [-0.4, -0.2) is 32.3 Å². The van der Waals surface area contributed by atoms with Gasteiger partial charge in [0, 0.05) is 6.04 Å². The molecule has 0 N–H and O–H groups in total. The molecule has 0 saturated carbocycles. The Bertz CT molecular complexity index is 403. The fraction of sp³-hybridized carbons (Fsp3) is 0.750. The lowest BCUT2D eigenvalue weighted by Gasteiger charge is -2.30. The van der Waals surface area contributed by atoms with Crippen LogP contribution in [0.1, 0.15) is 45.0 Å². The summed E-state index contributed by atoms with van der Waals surface area (Å²) < 4.78 is 1.93. The van der Waals surface area contributed by atoms with Gasteiger partial charge in [0.25, 0.3) is 0 Å². The quantitative estimate of drug-likeness (QED) is 0.798. The smallest absolute Gasteiger partial charge is 0.141 e. The number of likely N-dealkylation sites (tertiary alicyclic amines) is 1. The van der Waals surface area contributed by atoms with Gasteiger partial charge in [-0.3, -0.25) is 4.90 Å². The zero-order valence-electron chi connectivity index (χ0n) is 10.5. The van der Waals surface area contributed by atoms with Gasteiger partial charge < -0.3 is 0 Å². The highest BCUT2D eigenvalue weighted by Crippen LogP contribution is 2.19. The number of hydrogen-bond donors (Lipinski definition) is 0. The summed E-state index contributed by atoms with van der Waals surface area (Å²) in [6.45, 7) is 5.91. The summed E-state index contributed by atoms with van der Waals surface area (Å²) in [5, 5.41) is 13.4. The van der Waals surface area contributed by atoms with E-state index in [9.17, 15) is 0 Å². The second-order valence-corrected chi connectivity index (χ2v) is 4.83. The predicted molar refractivity (Wildman–Crippen MR) is 64.1 cm³/mol. The SMILES string of the molecule is CC(C)n1ncnc1CN1CCCCC1C#N. The van der Waals surface area contributed by atoms with Crippen LogP contribution in [0.25, 0.3) is 0 Å². The molecule has 1 aliphatic rings. The summed E-state index contributed by atoms with van der Waals surface area (Å²) in [6.07, 6.45) is 4.91. The number of nitrogens with zero attached hydrogens (tertiary/aromatic N) is 5. The molecular weight excluding hydrogens is 214 g/mol. The molecule has 0 spiro atoms. The van der Waals surface area contributed by atoms with E-state index in [0.29, 0.717) is 6.04 Å². The Morgan fingerprint density at radius 2 is 2.35 bits per heavy atom. The summed E-state index contributed by atoms with van der Waals surface area (Å²) in [4.78, 5) is 6.52. The lowest BCUT2D eigenvalue weighted by Crippen LogP contribution is -2.38. The fourth-order valence-electron chi connectivity index (χ4n) is 2.33. The molecule has 5 nitrogen and oxygen atoms in total. The van der Waals surface area contributed by atoms with E-state index in [2.05, 4.69) is 34.9 Å². The molecule has 2 rings (SSSR count). The largest absolute Gasteiger partial charge is 0.281 e. The van der Waals surface area contributed by atoms with Gasteiger partial charge in [-0.1, -0.05) is 0 Å². The highest BCUT2D eigenvalue weighted by Gasteiger charge is 2.23. The van der Waals surface area contributed by atoms with Crippen molar-refractivity contribution < 1.29 is 0 Å². The number of rotatable bonds is 3. The molecule has 1 fully saturated rings. The van der Waals surface area contributed by atoms with Gasteiger partial charge in [0.2, 0.25) is 0 Å². The fourth-order valence-corrected chi connectivity index (χ4v) is 2.33. The van der Waals surface area contributed by atoms with Crippen LogP contribution in [-0.2, 0) is 6.54 Å². The third-order valence-electron chi connectivity index (χ3n) is 3.24. The normalized spacial score (nSPS) is 21.6. The topological polar surface area (TPSA) is 57.7 Å². The highest BCUT2D eigenvalue weighted by atomic mass is 15.4. The molecule has 0 amide bonds. The van der Waals surface area contributed by atoms with Crippen LogP contribution >= 0.6 is 0 Å². The van der Waals surface area contributed by atoms with Crippen LogP contribution in [0, 0.1) is 11.3 Å². The first-order valence-electron chi connectivity index (χ1n) is 6.24. The van der Waals surface area contributed by atoms with Gasteiger partial charge in [-0.2, -0.15) is 10.4 Å². The van der Waals surface area contributed by atoms with Crippen molar-refractivity contribution in [3.63, 3.8) is 0 Å². The van der Waals surface area contributed by atoms with E-state index >= 15 is 0 Å². The van der Waals surface area contributed by atoms with Crippen LogP contribution in [0.5, 0.6) is 0 Å². The maximum Gasteiger partial charge on any atom is 0.141 e. The average Bonchev–Trinajstić information content (AvgIpc) is 2.78. The Morgan fingerprint density at radius 1 is 1.53 bits per heavy atom. The summed E-state index contributed by atoms with van der Waals surface area (Å²) >= 11 is 0. The molecule has 5 heteroatoms. The van der Waals surface area contributed by atoms with Gasteiger partial charge in [-0.05, 0) is 39.7 Å². The molecule has 1 aromatic heterocycles. The lowest BCUT2D eigenvalue weighted by molar-refractivity contribution is 0.168. The van der Waals surface area contributed by atoms with Crippen molar-refractivity contribution in [2.75, 3.05) is 6.54 Å². The first-order chi connectivity index (χ1) is 8.22. The van der Waals surface area contributed by atoms with Crippen molar-refractivity contribution in [1.82, 2.24) is 19.7 Å². The Labute approximate surface area is 102 Å². The monoisotopic (exact) mass is 233 g/mol. The van der Waals surface area contributed by atoms with E-state index < -0.39 is 0 Å². The van der Waals surface area contributed by atoms with Crippen molar-refractivity contribution in [3.05, 3.63) is 12.2 Å². The molecule has 1 aromatic rings. The molecule has 0 aliphatic carbocycles. The molecule has 0 radical (unpaired) electrons. The first kappa shape index (κ1) is 12.1. The van der Waals surface area contributed by atoms with E-state index in [4.69, 9.17) is 5.26 Å².